The summed E-state index contributed by atoms with van der Waals surface area (Å²) < 4.78 is 31.6. The van der Waals surface area contributed by atoms with Crippen LogP contribution in [0, 0.1) is 11.6 Å². The third kappa shape index (κ3) is 5.76. The van der Waals surface area contributed by atoms with Gasteiger partial charge in [-0.2, -0.15) is 0 Å². The summed E-state index contributed by atoms with van der Waals surface area (Å²) >= 11 is 3.37. The van der Waals surface area contributed by atoms with Gasteiger partial charge in [-0.05, 0) is 72.8 Å². The molecule has 0 unspecified atom stereocenters. The summed E-state index contributed by atoms with van der Waals surface area (Å²) in [5.41, 5.74) is 6.74. The number of fused-ring (bicyclic) bond motifs is 2. The van der Waals surface area contributed by atoms with Crippen molar-refractivity contribution in [3.63, 3.8) is 0 Å². The Morgan fingerprint density at radius 3 is 1.70 bits per heavy atom. The van der Waals surface area contributed by atoms with E-state index in [9.17, 15) is 13.6 Å². The summed E-state index contributed by atoms with van der Waals surface area (Å²) in [4.78, 5) is 31.6. The Morgan fingerprint density at radius 1 is 0.681 bits per heavy atom. The smallest absolute Gasteiger partial charge is 0.244 e. The maximum absolute atomic E-state index is 13.7. The molecule has 234 valence electrons. The Labute approximate surface area is 276 Å². The third-order valence-electron chi connectivity index (χ3n) is 7.96. The van der Waals surface area contributed by atoms with Crippen LogP contribution in [0.2, 0.25) is 0 Å². The Morgan fingerprint density at radius 2 is 1.17 bits per heavy atom. The van der Waals surface area contributed by atoms with Crippen molar-refractivity contribution in [3.05, 3.63) is 96.8 Å². The number of benzene rings is 2. The number of pyridine rings is 2. The molecule has 2 aliphatic heterocycles. The molecule has 2 N–H and O–H groups in total. The third-order valence-corrected chi connectivity index (χ3v) is 9.87. The molecule has 8 rings (SSSR count). The van der Waals surface area contributed by atoms with E-state index in [1.807, 2.05) is 24.3 Å². The number of hydrogen-bond acceptors (Lipinski definition) is 8. The molecule has 0 saturated heterocycles. The minimum absolute atomic E-state index is 0.0346. The fourth-order valence-corrected chi connectivity index (χ4v) is 7.74. The van der Waals surface area contributed by atoms with Crippen LogP contribution in [0.3, 0.4) is 0 Å². The van der Waals surface area contributed by atoms with Crippen LogP contribution in [0.15, 0.2) is 95.5 Å². The Balaban J connectivity index is 1.01. The molecule has 0 aliphatic carbocycles. The zero-order chi connectivity index (χ0) is 31.9. The minimum Gasteiger partial charge on any atom is -0.361 e. The van der Waals surface area contributed by atoms with Crippen LogP contribution in [0.5, 0.6) is 0 Å². The fraction of sp³-hybridized carbons (Fsp3) is 0.147. The molecule has 47 heavy (non-hydrogen) atoms. The molecule has 1 amide bonds. The zero-order valence-electron chi connectivity index (χ0n) is 24.8. The van der Waals surface area contributed by atoms with E-state index in [-0.39, 0.29) is 24.1 Å². The van der Waals surface area contributed by atoms with E-state index in [1.165, 1.54) is 24.3 Å². The number of halogens is 2. The lowest BCUT2D eigenvalue weighted by molar-refractivity contribution is -0.114. The van der Waals surface area contributed by atoms with Gasteiger partial charge in [0.1, 0.15) is 23.3 Å². The van der Waals surface area contributed by atoms with Gasteiger partial charge in [-0.1, -0.05) is 23.5 Å². The van der Waals surface area contributed by atoms with Gasteiger partial charge in [0, 0.05) is 59.2 Å². The van der Waals surface area contributed by atoms with E-state index in [2.05, 4.69) is 29.7 Å². The number of hydrogen-bond donors (Lipinski definition) is 2. The molecular formula is C34H26F2N8OS2. The summed E-state index contributed by atoms with van der Waals surface area (Å²) in [6.45, 7) is 1.58. The SMILES string of the molecule is O=C(CNc1cc(-c2c(-c3ccc(F)cc3)nc3n2CCS3)ccn1)Nc1cc(-c2c(-c3ccc(F)cc3)nc3n2CCS3)ccn1. The molecule has 2 aromatic carbocycles. The first-order chi connectivity index (χ1) is 23.0. The maximum Gasteiger partial charge on any atom is 0.244 e. The van der Waals surface area contributed by atoms with Crippen molar-refractivity contribution >= 4 is 41.1 Å². The Kier molecular flexibility index (Phi) is 7.70. The second kappa shape index (κ2) is 12.3. The quantitative estimate of drug-likeness (QED) is 0.178. The normalized spacial score (nSPS) is 13.4. The lowest BCUT2D eigenvalue weighted by Crippen LogP contribution is -2.22. The first kappa shape index (κ1) is 29.4. The van der Waals surface area contributed by atoms with E-state index < -0.39 is 0 Å². The number of carbonyl (C=O) groups excluding carboxylic acids is 1. The van der Waals surface area contributed by atoms with Gasteiger partial charge in [-0.25, -0.2) is 28.7 Å². The van der Waals surface area contributed by atoms with Crippen molar-refractivity contribution in [2.24, 2.45) is 0 Å². The highest BCUT2D eigenvalue weighted by molar-refractivity contribution is 7.99. The van der Waals surface area contributed by atoms with E-state index >= 15 is 0 Å². The molecule has 0 spiro atoms. The van der Waals surface area contributed by atoms with E-state index in [1.54, 1.807) is 60.2 Å². The highest BCUT2D eigenvalue weighted by atomic mass is 32.2. The van der Waals surface area contributed by atoms with E-state index in [4.69, 9.17) is 9.97 Å². The molecule has 0 atom stereocenters. The fourth-order valence-electron chi connectivity index (χ4n) is 5.84. The standard InChI is InChI=1S/C34H26F2N8OS2/c35-24-5-1-20(2-6-24)29-31(43-13-15-46-33(43)41-29)22-9-11-37-26(17-22)39-19-28(45)40-27-18-23(10-12-38-27)32-30(21-3-7-25(36)8-4-21)42-34-44(32)14-16-47-34/h1-12,17-18H,13-16,19H2,(H,37,39)(H,38,40,45). The van der Waals surface area contributed by atoms with Gasteiger partial charge >= 0.3 is 0 Å². The number of nitrogens with zero attached hydrogens (tertiary/aromatic N) is 6. The number of amides is 1. The van der Waals surface area contributed by atoms with Gasteiger partial charge in [0.2, 0.25) is 5.91 Å². The molecule has 0 bridgehead atoms. The Hall–Kier alpha value is -5.01. The first-order valence-electron chi connectivity index (χ1n) is 15.0. The lowest BCUT2D eigenvalue weighted by atomic mass is 10.1. The number of rotatable bonds is 8. The largest absolute Gasteiger partial charge is 0.361 e. The Bertz CT molecular complexity index is 2130. The number of imidazole rings is 2. The van der Waals surface area contributed by atoms with Crippen LogP contribution in [0.1, 0.15) is 0 Å². The van der Waals surface area contributed by atoms with Gasteiger partial charge in [0.15, 0.2) is 10.3 Å². The van der Waals surface area contributed by atoms with E-state index in [0.717, 1.165) is 79.9 Å². The topological polar surface area (TPSA) is 103 Å². The summed E-state index contributed by atoms with van der Waals surface area (Å²) in [6, 6.07) is 20.2. The molecule has 0 saturated carbocycles. The zero-order valence-corrected chi connectivity index (χ0v) is 26.4. The molecule has 6 aromatic rings. The summed E-state index contributed by atoms with van der Waals surface area (Å²) in [5.74, 6) is 1.89. The van der Waals surface area contributed by atoms with Crippen molar-refractivity contribution in [3.8, 4) is 45.0 Å². The van der Waals surface area contributed by atoms with Crippen molar-refractivity contribution in [2.75, 3.05) is 28.7 Å². The number of nitrogens with one attached hydrogen (secondary N) is 2. The molecule has 0 fully saturated rings. The maximum atomic E-state index is 13.7. The van der Waals surface area contributed by atoms with Crippen LogP contribution in [0.4, 0.5) is 20.4 Å². The number of anilines is 2. The summed E-state index contributed by atoms with van der Waals surface area (Å²) in [6.07, 6.45) is 3.35. The molecular weight excluding hydrogens is 639 g/mol. The van der Waals surface area contributed by atoms with Crippen LogP contribution in [-0.2, 0) is 17.9 Å². The average Bonchev–Trinajstić information content (AvgIpc) is 3.87. The minimum atomic E-state index is -0.305. The van der Waals surface area contributed by atoms with Crippen LogP contribution >= 0.6 is 23.5 Å². The van der Waals surface area contributed by atoms with E-state index in [0.29, 0.717) is 11.6 Å². The number of thioether (sulfide) groups is 2. The van der Waals surface area contributed by atoms with Crippen LogP contribution in [-0.4, -0.2) is 53.0 Å². The van der Waals surface area contributed by atoms with Gasteiger partial charge in [0.25, 0.3) is 0 Å². The number of aromatic nitrogens is 6. The molecule has 13 heteroatoms. The monoisotopic (exact) mass is 664 g/mol. The van der Waals surface area contributed by atoms with Gasteiger partial charge in [-0.3, -0.25) is 4.79 Å². The van der Waals surface area contributed by atoms with Crippen molar-refractivity contribution in [1.82, 2.24) is 29.1 Å². The molecule has 6 heterocycles. The second-order valence-electron chi connectivity index (χ2n) is 11.0. The molecule has 2 aliphatic rings. The van der Waals surface area contributed by atoms with Gasteiger partial charge in [-0.15, -0.1) is 0 Å². The summed E-state index contributed by atoms with van der Waals surface area (Å²) in [7, 11) is 0. The first-order valence-corrected chi connectivity index (χ1v) is 16.9. The lowest BCUT2D eigenvalue weighted by Gasteiger charge is -2.12. The van der Waals surface area contributed by atoms with Crippen LogP contribution < -0.4 is 10.6 Å². The average molecular weight is 665 g/mol. The number of carbonyl (C=O) groups is 1. The highest BCUT2D eigenvalue weighted by Crippen LogP contribution is 2.41. The van der Waals surface area contributed by atoms with Crippen molar-refractivity contribution in [2.45, 2.75) is 23.4 Å². The van der Waals surface area contributed by atoms with Crippen molar-refractivity contribution < 1.29 is 13.6 Å². The molecule has 9 nitrogen and oxygen atoms in total. The molecule has 4 aromatic heterocycles. The predicted molar refractivity (Wildman–Crippen MR) is 180 cm³/mol. The predicted octanol–water partition coefficient (Wildman–Crippen LogP) is 7.08. The highest BCUT2D eigenvalue weighted by Gasteiger charge is 2.26. The van der Waals surface area contributed by atoms with Gasteiger partial charge in [0.05, 0.1) is 29.3 Å². The molecule has 0 radical (unpaired) electrons. The van der Waals surface area contributed by atoms with Gasteiger partial charge < -0.3 is 19.8 Å². The van der Waals surface area contributed by atoms with Crippen molar-refractivity contribution in [1.29, 1.82) is 0 Å². The van der Waals surface area contributed by atoms with Crippen LogP contribution in [0.25, 0.3) is 45.0 Å². The summed E-state index contributed by atoms with van der Waals surface area (Å²) in [5, 5.41) is 7.85. The second-order valence-corrected chi connectivity index (χ2v) is 13.1.